The second-order valence-corrected chi connectivity index (χ2v) is 3.84. The molecule has 1 rings (SSSR count). The minimum Gasteiger partial charge on any atom is -0.490 e. The van der Waals surface area contributed by atoms with Crippen LogP contribution in [0.1, 0.15) is 12.0 Å². The maximum absolute atomic E-state index is 11.3. The number of aliphatic hydroxyl groups is 1. The molecule has 7 nitrogen and oxygen atoms in total. The minimum absolute atomic E-state index is 0.100. The van der Waals surface area contributed by atoms with E-state index in [0.29, 0.717) is 6.42 Å². The standard InChI is InChI=1S/C12H16N2O5/c1-19-11-8-9(2-4-10(11)14(17)18)3-5-12(16)13-6-7-15/h2,4,8,15H,3,5-7H2,1H3,(H,13,16). The second-order valence-electron chi connectivity index (χ2n) is 3.84. The molecule has 0 aliphatic rings. The van der Waals surface area contributed by atoms with Crippen LogP contribution in [-0.4, -0.2) is 36.2 Å². The van der Waals surface area contributed by atoms with Crippen LogP contribution < -0.4 is 10.1 Å². The number of rotatable bonds is 7. The Kier molecular flexibility index (Phi) is 5.74. The van der Waals surface area contributed by atoms with Crippen molar-refractivity contribution in [1.82, 2.24) is 5.32 Å². The summed E-state index contributed by atoms with van der Waals surface area (Å²) in [7, 11) is 1.36. The predicted octanol–water partition coefficient (Wildman–Crippen LogP) is 0.644. The molecular weight excluding hydrogens is 252 g/mol. The van der Waals surface area contributed by atoms with Gasteiger partial charge in [0.1, 0.15) is 0 Å². The Morgan fingerprint density at radius 2 is 2.26 bits per heavy atom. The number of nitro groups is 1. The molecule has 1 amide bonds. The molecule has 0 heterocycles. The molecule has 0 bridgehead atoms. The van der Waals surface area contributed by atoms with Crippen molar-refractivity contribution in [3.63, 3.8) is 0 Å². The summed E-state index contributed by atoms with van der Waals surface area (Å²) >= 11 is 0. The Hall–Kier alpha value is -2.15. The van der Waals surface area contributed by atoms with Crippen LogP contribution in [0.4, 0.5) is 5.69 Å². The predicted molar refractivity (Wildman–Crippen MR) is 68.1 cm³/mol. The molecule has 0 unspecified atom stereocenters. The normalized spacial score (nSPS) is 10.0. The third-order valence-corrected chi connectivity index (χ3v) is 2.52. The molecule has 0 aliphatic heterocycles. The number of nitrogens with one attached hydrogen (secondary N) is 1. The van der Waals surface area contributed by atoms with Gasteiger partial charge in [-0.2, -0.15) is 0 Å². The number of methoxy groups -OCH3 is 1. The summed E-state index contributed by atoms with van der Waals surface area (Å²) < 4.78 is 4.94. The van der Waals surface area contributed by atoms with E-state index in [0.717, 1.165) is 5.56 Å². The van der Waals surface area contributed by atoms with E-state index in [1.54, 1.807) is 12.1 Å². The highest BCUT2D eigenvalue weighted by Gasteiger charge is 2.14. The van der Waals surface area contributed by atoms with E-state index in [1.165, 1.54) is 13.2 Å². The molecule has 0 fully saturated rings. The molecule has 0 saturated carbocycles. The van der Waals surface area contributed by atoms with Gasteiger partial charge in [0.2, 0.25) is 5.91 Å². The van der Waals surface area contributed by atoms with Crippen molar-refractivity contribution in [2.24, 2.45) is 0 Å². The number of aryl methyl sites for hydroxylation is 1. The molecule has 7 heteroatoms. The summed E-state index contributed by atoms with van der Waals surface area (Å²) in [6.07, 6.45) is 0.701. The molecule has 0 aromatic heterocycles. The topological polar surface area (TPSA) is 102 Å². The number of carbonyl (C=O) groups is 1. The van der Waals surface area contributed by atoms with Crippen LogP contribution >= 0.6 is 0 Å². The molecule has 0 radical (unpaired) electrons. The van der Waals surface area contributed by atoms with Gasteiger partial charge in [0.15, 0.2) is 5.75 Å². The van der Waals surface area contributed by atoms with Crippen LogP contribution in [0, 0.1) is 10.1 Å². The fraction of sp³-hybridized carbons (Fsp3) is 0.417. The molecule has 1 aromatic carbocycles. The van der Waals surface area contributed by atoms with Crippen LogP contribution in [0.15, 0.2) is 18.2 Å². The van der Waals surface area contributed by atoms with E-state index in [2.05, 4.69) is 5.32 Å². The Bertz CT molecular complexity index is 461. The highest BCUT2D eigenvalue weighted by Crippen LogP contribution is 2.27. The first-order chi connectivity index (χ1) is 9.08. The fourth-order valence-electron chi connectivity index (χ4n) is 1.57. The molecule has 0 saturated heterocycles. The molecule has 0 atom stereocenters. The Morgan fingerprint density at radius 3 is 2.84 bits per heavy atom. The van der Waals surface area contributed by atoms with Gasteiger partial charge in [0, 0.05) is 19.0 Å². The summed E-state index contributed by atoms with van der Waals surface area (Å²) in [5, 5.41) is 21.8. The number of ether oxygens (including phenoxy) is 1. The van der Waals surface area contributed by atoms with Gasteiger partial charge < -0.3 is 15.2 Å². The Morgan fingerprint density at radius 1 is 1.53 bits per heavy atom. The zero-order valence-corrected chi connectivity index (χ0v) is 10.6. The van der Waals surface area contributed by atoms with E-state index in [9.17, 15) is 14.9 Å². The monoisotopic (exact) mass is 268 g/mol. The van der Waals surface area contributed by atoms with E-state index in [-0.39, 0.29) is 36.9 Å². The van der Waals surface area contributed by atoms with E-state index in [1.807, 2.05) is 0 Å². The summed E-state index contributed by atoms with van der Waals surface area (Å²) in [5.74, 6) is 0.00429. The summed E-state index contributed by atoms with van der Waals surface area (Å²) in [6.45, 7) is 0.125. The first-order valence-electron chi connectivity index (χ1n) is 5.77. The summed E-state index contributed by atoms with van der Waals surface area (Å²) in [6, 6.07) is 4.51. The van der Waals surface area contributed by atoms with Crippen molar-refractivity contribution in [3.8, 4) is 5.75 Å². The number of hydrogen-bond donors (Lipinski definition) is 2. The third kappa shape index (κ3) is 4.55. The van der Waals surface area contributed by atoms with Gasteiger partial charge >= 0.3 is 5.69 Å². The minimum atomic E-state index is -0.517. The molecule has 0 aliphatic carbocycles. The first kappa shape index (κ1) is 14.9. The number of nitrogens with zero attached hydrogens (tertiary/aromatic N) is 1. The molecule has 2 N–H and O–H groups in total. The zero-order valence-electron chi connectivity index (χ0n) is 10.6. The van der Waals surface area contributed by atoms with Gasteiger partial charge in [-0.15, -0.1) is 0 Å². The number of aliphatic hydroxyl groups excluding tert-OH is 1. The fourth-order valence-corrected chi connectivity index (χ4v) is 1.57. The molecular formula is C12H16N2O5. The van der Waals surface area contributed by atoms with Crippen LogP contribution in [0.2, 0.25) is 0 Å². The Balaban J connectivity index is 2.65. The smallest absolute Gasteiger partial charge is 0.310 e. The quantitative estimate of drug-likeness (QED) is 0.558. The SMILES string of the molecule is COc1cc(CCC(=O)NCCO)ccc1[N+](=O)[O-]. The number of benzene rings is 1. The van der Waals surface area contributed by atoms with Crippen molar-refractivity contribution in [2.45, 2.75) is 12.8 Å². The van der Waals surface area contributed by atoms with Crippen molar-refractivity contribution in [2.75, 3.05) is 20.3 Å². The highest BCUT2D eigenvalue weighted by atomic mass is 16.6. The van der Waals surface area contributed by atoms with Gasteiger partial charge in [-0.3, -0.25) is 14.9 Å². The van der Waals surface area contributed by atoms with Crippen LogP contribution in [-0.2, 0) is 11.2 Å². The largest absolute Gasteiger partial charge is 0.490 e. The zero-order chi connectivity index (χ0) is 14.3. The number of amides is 1. The van der Waals surface area contributed by atoms with Crippen LogP contribution in [0.5, 0.6) is 5.75 Å². The van der Waals surface area contributed by atoms with E-state index >= 15 is 0 Å². The summed E-state index contributed by atoms with van der Waals surface area (Å²) in [4.78, 5) is 21.5. The average Bonchev–Trinajstić information content (AvgIpc) is 2.42. The van der Waals surface area contributed by atoms with Gasteiger partial charge in [0.25, 0.3) is 0 Å². The second kappa shape index (κ2) is 7.32. The third-order valence-electron chi connectivity index (χ3n) is 2.52. The lowest BCUT2D eigenvalue weighted by molar-refractivity contribution is -0.385. The van der Waals surface area contributed by atoms with Gasteiger partial charge in [0.05, 0.1) is 18.6 Å². The number of nitro benzene ring substituents is 1. The van der Waals surface area contributed by atoms with Crippen molar-refractivity contribution in [3.05, 3.63) is 33.9 Å². The van der Waals surface area contributed by atoms with Crippen molar-refractivity contribution < 1.29 is 19.6 Å². The molecule has 19 heavy (non-hydrogen) atoms. The Labute approximate surface area is 110 Å². The maximum atomic E-state index is 11.3. The number of carbonyl (C=O) groups excluding carboxylic acids is 1. The first-order valence-corrected chi connectivity index (χ1v) is 5.77. The molecule has 104 valence electrons. The number of hydrogen-bond acceptors (Lipinski definition) is 5. The van der Waals surface area contributed by atoms with Crippen molar-refractivity contribution in [1.29, 1.82) is 0 Å². The van der Waals surface area contributed by atoms with E-state index in [4.69, 9.17) is 9.84 Å². The van der Waals surface area contributed by atoms with E-state index < -0.39 is 4.92 Å². The van der Waals surface area contributed by atoms with Gasteiger partial charge in [-0.05, 0) is 18.1 Å². The van der Waals surface area contributed by atoms with Crippen LogP contribution in [0.25, 0.3) is 0 Å². The lowest BCUT2D eigenvalue weighted by atomic mass is 10.1. The van der Waals surface area contributed by atoms with Gasteiger partial charge in [-0.25, -0.2) is 0 Å². The lowest BCUT2D eigenvalue weighted by Crippen LogP contribution is -2.26. The maximum Gasteiger partial charge on any atom is 0.310 e. The lowest BCUT2D eigenvalue weighted by Gasteiger charge is -2.06. The molecule has 1 aromatic rings. The van der Waals surface area contributed by atoms with Gasteiger partial charge in [-0.1, -0.05) is 6.07 Å². The average molecular weight is 268 g/mol. The summed E-state index contributed by atoms with van der Waals surface area (Å²) in [5.41, 5.74) is 0.678. The molecule has 0 spiro atoms. The highest BCUT2D eigenvalue weighted by molar-refractivity contribution is 5.76. The van der Waals surface area contributed by atoms with Crippen molar-refractivity contribution >= 4 is 11.6 Å². The van der Waals surface area contributed by atoms with Crippen LogP contribution in [0.3, 0.4) is 0 Å².